The first-order valence-corrected chi connectivity index (χ1v) is 6.94. The molecule has 1 atom stereocenters. The summed E-state index contributed by atoms with van der Waals surface area (Å²) in [6.45, 7) is 1.57. The molecule has 2 aromatic carbocycles. The summed E-state index contributed by atoms with van der Waals surface area (Å²) >= 11 is 0. The van der Waals surface area contributed by atoms with Crippen LogP contribution in [0.25, 0.3) is 0 Å². The van der Waals surface area contributed by atoms with Crippen molar-refractivity contribution >= 4 is 11.7 Å². The molecule has 6 nitrogen and oxygen atoms in total. The number of carboxylic acid groups (broad SMARTS) is 1. The summed E-state index contributed by atoms with van der Waals surface area (Å²) in [6, 6.07) is 9.15. The van der Waals surface area contributed by atoms with Crippen molar-refractivity contribution in [3.8, 4) is 17.2 Å². The standard InChI is InChI=1S/C17H17NO5/c1-10(14-9-13(20)6-7-16(14)21)18-15(17(22)23)8-11-2-4-12(19)5-3-11/h2-7,9,15,19-21H,8H2,1H3,(H,22,23)/b18-10+. The lowest BCUT2D eigenvalue weighted by atomic mass is 10.0. The molecule has 0 aliphatic rings. The van der Waals surface area contributed by atoms with Gasteiger partial charge in [0, 0.05) is 17.7 Å². The van der Waals surface area contributed by atoms with Crippen molar-refractivity contribution in [1.82, 2.24) is 0 Å². The van der Waals surface area contributed by atoms with Crippen LogP contribution in [-0.2, 0) is 11.2 Å². The highest BCUT2D eigenvalue weighted by Crippen LogP contribution is 2.23. The van der Waals surface area contributed by atoms with E-state index in [1.54, 1.807) is 19.1 Å². The monoisotopic (exact) mass is 315 g/mol. The van der Waals surface area contributed by atoms with E-state index in [0.717, 1.165) is 0 Å². The molecule has 0 heterocycles. The van der Waals surface area contributed by atoms with Gasteiger partial charge < -0.3 is 20.4 Å². The second-order valence-corrected chi connectivity index (χ2v) is 5.14. The SMILES string of the molecule is C/C(=N\C(Cc1ccc(O)cc1)C(=O)O)c1cc(O)ccc1O. The van der Waals surface area contributed by atoms with Crippen molar-refractivity contribution in [3.63, 3.8) is 0 Å². The van der Waals surface area contributed by atoms with E-state index >= 15 is 0 Å². The van der Waals surface area contributed by atoms with Crippen LogP contribution in [0.2, 0.25) is 0 Å². The molecule has 0 aliphatic carbocycles. The van der Waals surface area contributed by atoms with Crippen molar-refractivity contribution in [2.24, 2.45) is 4.99 Å². The van der Waals surface area contributed by atoms with E-state index in [1.807, 2.05) is 0 Å². The molecule has 0 bridgehead atoms. The molecular formula is C17H17NO5. The van der Waals surface area contributed by atoms with Gasteiger partial charge in [-0.1, -0.05) is 12.1 Å². The molecule has 2 aromatic rings. The van der Waals surface area contributed by atoms with Gasteiger partial charge in [-0.3, -0.25) is 4.99 Å². The highest BCUT2D eigenvalue weighted by Gasteiger charge is 2.18. The molecule has 1 unspecified atom stereocenters. The summed E-state index contributed by atoms with van der Waals surface area (Å²) in [7, 11) is 0. The second-order valence-electron chi connectivity index (χ2n) is 5.14. The first kappa shape index (κ1) is 16.4. The molecular weight excluding hydrogens is 298 g/mol. The summed E-state index contributed by atoms with van der Waals surface area (Å²) in [5.74, 6) is -1.13. The Balaban J connectivity index is 2.28. The zero-order chi connectivity index (χ0) is 17.0. The molecule has 23 heavy (non-hydrogen) atoms. The fourth-order valence-corrected chi connectivity index (χ4v) is 2.16. The third-order valence-corrected chi connectivity index (χ3v) is 3.37. The van der Waals surface area contributed by atoms with Gasteiger partial charge in [-0.2, -0.15) is 0 Å². The van der Waals surface area contributed by atoms with E-state index in [-0.39, 0.29) is 29.2 Å². The second kappa shape index (κ2) is 6.83. The molecule has 2 rings (SSSR count). The van der Waals surface area contributed by atoms with Crippen LogP contribution in [0.15, 0.2) is 47.5 Å². The van der Waals surface area contributed by atoms with Crippen LogP contribution in [-0.4, -0.2) is 38.1 Å². The Morgan fingerprint density at radius 1 is 1.04 bits per heavy atom. The van der Waals surface area contributed by atoms with E-state index in [9.17, 15) is 25.2 Å². The van der Waals surface area contributed by atoms with Crippen LogP contribution in [0.3, 0.4) is 0 Å². The molecule has 0 aliphatic heterocycles. The fourth-order valence-electron chi connectivity index (χ4n) is 2.16. The number of phenols is 3. The van der Waals surface area contributed by atoms with E-state index in [1.165, 1.54) is 30.3 Å². The summed E-state index contributed by atoms with van der Waals surface area (Å²) in [6.07, 6.45) is 0.145. The van der Waals surface area contributed by atoms with Gasteiger partial charge in [0.05, 0.1) is 0 Å². The Hall–Kier alpha value is -3.02. The predicted octanol–water partition coefficient (Wildman–Crippen LogP) is 2.31. The van der Waals surface area contributed by atoms with E-state index in [4.69, 9.17) is 0 Å². The van der Waals surface area contributed by atoms with Crippen LogP contribution in [0, 0.1) is 0 Å². The van der Waals surface area contributed by atoms with Gasteiger partial charge in [0.25, 0.3) is 0 Å². The minimum atomic E-state index is -1.10. The largest absolute Gasteiger partial charge is 0.508 e. The number of hydrogen-bond donors (Lipinski definition) is 4. The lowest BCUT2D eigenvalue weighted by Gasteiger charge is -2.11. The molecule has 0 spiro atoms. The summed E-state index contributed by atoms with van der Waals surface area (Å²) in [5, 5.41) is 37.9. The number of aliphatic carboxylic acids is 1. The van der Waals surface area contributed by atoms with Crippen LogP contribution in [0.4, 0.5) is 0 Å². The Morgan fingerprint density at radius 3 is 2.26 bits per heavy atom. The highest BCUT2D eigenvalue weighted by atomic mass is 16.4. The number of nitrogens with zero attached hydrogens (tertiary/aromatic N) is 1. The minimum absolute atomic E-state index is 0.0437. The topological polar surface area (TPSA) is 110 Å². The first-order chi connectivity index (χ1) is 10.9. The van der Waals surface area contributed by atoms with Gasteiger partial charge in [-0.25, -0.2) is 4.79 Å². The normalized spacial score (nSPS) is 12.8. The molecule has 6 heteroatoms. The van der Waals surface area contributed by atoms with E-state index in [0.29, 0.717) is 11.3 Å². The summed E-state index contributed by atoms with van der Waals surface area (Å²) in [4.78, 5) is 15.6. The maximum Gasteiger partial charge on any atom is 0.328 e. The number of benzene rings is 2. The third-order valence-electron chi connectivity index (χ3n) is 3.37. The minimum Gasteiger partial charge on any atom is -0.508 e. The molecule has 0 saturated carbocycles. The Bertz CT molecular complexity index is 737. The van der Waals surface area contributed by atoms with Gasteiger partial charge in [-0.05, 0) is 42.8 Å². The predicted molar refractivity (Wildman–Crippen MR) is 85.2 cm³/mol. The zero-order valence-corrected chi connectivity index (χ0v) is 12.5. The van der Waals surface area contributed by atoms with Gasteiger partial charge in [0.1, 0.15) is 17.2 Å². The molecule has 0 radical (unpaired) electrons. The number of hydrogen-bond acceptors (Lipinski definition) is 5. The number of aromatic hydroxyl groups is 3. The average molecular weight is 315 g/mol. The molecule has 0 fully saturated rings. The van der Waals surface area contributed by atoms with Crippen molar-refractivity contribution in [2.45, 2.75) is 19.4 Å². The maximum atomic E-state index is 11.4. The van der Waals surface area contributed by atoms with Gasteiger partial charge in [0.2, 0.25) is 0 Å². The summed E-state index contributed by atoms with van der Waals surface area (Å²) < 4.78 is 0. The van der Waals surface area contributed by atoms with Crippen molar-refractivity contribution < 1.29 is 25.2 Å². The number of carboxylic acids is 1. The Kier molecular flexibility index (Phi) is 4.85. The van der Waals surface area contributed by atoms with Crippen LogP contribution in [0.5, 0.6) is 17.2 Å². The smallest absolute Gasteiger partial charge is 0.328 e. The Labute approximate surface area is 133 Å². The van der Waals surface area contributed by atoms with Crippen LogP contribution in [0.1, 0.15) is 18.1 Å². The van der Waals surface area contributed by atoms with Gasteiger partial charge >= 0.3 is 5.97 Å². The number of phenolic OH excluding ortho intramolecular Hbond substituents is 3. The zero-order valence-electron chi connectivity index (χ0n) is 12.5. The van der Waals surface area contributed by atoms with Crippen LogP contribution >= 0.6 is 0 Å². The van der Waals surface area contributed by atoms with Crippen LogP contribution < -0.4 is 0 Å². The number of carbonyl (C=O) groups is 1. The molecule has 0 aromatic heterocycles. The quantitative estimate of drug-likeness (QED) is 0.500. The first-order valence-electron chi connectivity index (χ1n) is 6.94. The average Bonchev–Trinajstić information content (AvgIpc) is 2.51. The fraction of sp³-hybridized carbons (Fsp3) is 0.176. The van der Waals surface area contributed by atoms with Crippen molar-refractivity contribution in [3.05, 3.63) is 53.6 Å². The molecule has 4 N–H and O–H groups in total. The van der Waals surface area contributed by atoms with Gasteiger partial charge in [-0.15, -0.1) is 0 Å². The van der Waals surface area contributed by atoms with Crippen molar-refractivity contribution in [2.75, 3.05) is 0 Å². The number of rotatable bonds is 5. The molecule has 0 amide bonds. The van der Waals surface area contributed by atoms with Crippen molar-refractivity contribution in [1.29, 1.82) is 0 Å². The molecule has 0 saturated heterocycles. The number of aliphatic imine (C=N–C) groups is 1. The maximum absolute atomic E-state index is 11.4. The van der Waals surface area contributed by atoms with E-state index in [2.05, 4.69) is 4.99 Å². The van der Waals surface area contributed by atoms with Gasteiger partial charge in [0.15, 0.2) is 6.04 Å². The molecule has 120 valence electrons. The highest BCUT2D eigenvalue weighted by molar-refractivity contribution is 6.02. The van der Waals surface area contributed by atoms with E-state index < -0.39 is 12.0 Å². The lowest BCUT2D eigenvalue weighted by molar-refractivity contribution is -0.138. The third kappa shape index (κ3) is 4.23. The Morgan fingerprint density at radius 2 is 1.65 bits per heavy atom. The lowest BCUT2D eigenvalue weighted by Crippen LogP contribution is -2.22. The summed E-state index contributed by atoms with van der Waals surface area (Å²) in [5.41, 5.74) is 1.30.